The van der Waals surface area contributed by atoms with Crippen LogP contribution in [0.5, 0.6) is 0 Å². The number of aromatic carboxylic acids is 1. The van der Waals surface area contributed by atoms with Gasteiger partial charge in [-0.05, 0) is 25.1 Å². The van der Waals surface area contributed by atoms with Crippen molar-refractivity contribution >= 4 is 35.0 Å². The Balaban J connectivity index is 2.14. The van der Waals surface area contributed by atoms with Crippen molar-refractivity contribution in [2.45, 2.75) is 17.1 Å². The number of nitrogens with one attached hydrogen (secondary N) is 1. The number of carboxylic acids is 1. The lowest BCUT2D eigenvalue weighted by Crippen LogP contribution is -2.23. The highest BCUT2D eigenvalue weighted by atomic mass is 32.2. The Hall–Kier alpha value is -2.87. The summed E-state index contributed by atoms with van der Waals surface area (Å²) in [5, 5.41) is 22.0. The molecule has 124 valence electrons. The van der Waals surface area contributed by atoms with E-state index < -0.39 is 22.0 Å². The summed E-state index contributed by atoms with van der Waals surface area (Å²) in [7, 11) is 0. The van der Waals surface area contributed by atoms with E-state index in [0.717, 1.165) is 11.8 Å². The predicted octanol–water partition coefficient (Wildman–Crippen LogP) is 3.41. The summed E-state index contributed by atoms with van der Waals surface area (Å²) < 4.78 is 0. The molecule has 0 fully saturated rings. The van der Waals surface area contributed by atoms with Crippen molar-refractivity contribution in [1.82, 2.24) is 0 Å². The Bertz CT molecular complexity index is 794. The highest BCUT2D eigenvalue weighted by Crippen LogP contribution is 2.29. The van der Waals surface area contributed by atoms with Crippen LogP contribution in [0.2, 0.25) is 0 Å². The van der Waals surface area contributed by atoms with E-state index in [1.807, 2.05) is 0 Å². The SMILES string of the molecule is CC(Sc1ccccc1C(=O)O)C(=O)Nc1ccccc1[N+](=O)[O-]. The Morgan fingerprint density at radius 3 is 2.46 bits per heavy atom. The summed E-state index contributed by atoms with van der Waals surface area (Å²) in [6, 6.07) is 12.2. The summed E-state index contributed by atoms with van der Waals surface area (Å²) >= 11 is 1.08. The van der Waals surface area contributed by atoms with Crippen LogP contribution in [0.4, 0.5) is 11.4 Å². The molecule has 0 aliphatic rings. The van der Waals surface area contributed by atoms with Crippen LogP contribution in [0.1, 0.15) is 17.3 Å². The average molecular weight is 346 g/mol. The number of carboxylic acid groups (broad SMARTS) is 1. The maximum atomic E-state index is 12.3. The maximum absolute atomic E-state index is 12.3. The molecule has 1 unspecified atom stereocenters. The first-order valence-corrected chi connectivity index (χ1v) is 7.81. The van der Waals surface area contributed by atoms with E-state index in [4.69, 9.17) is 5.11 Å². The molecule has 0 aromatic heterocycles. The fraction of sp³-hybridized carbons (Fsp3) is 0.125. The summed E-state index contributed by atoms with van der Waals surface area (Å²) in [5.74, 6) is -1.53. The number of amides is 1. The third kappa shape index (κ3) is 4.11. The van der Waals surface area contributed by atoms with Crippen molar-refractivity contribution in [3.63, 3.8) is 0 Å². The molecular weight excluding hydrogens is 332 g/mol. The Kier molecular flexibility index (Phi) is 5.54. The molecule has 0 aliphatic heterocycles. The molecule has 2 N–H and O–H groups in total. The van der Waals surface area contributed by atoms with E-state index in [2.05, 4.69) is 5.32 Å². The van der Waals surface area contributed by atoms with Gasteiger partial charge in [0, 0.05) is 11.0 Å². The van der Waals surface area contributed by atoms with Gasteiger partial charge in [-0.2, -0.15) is 0 Å². The fourth-order valence-corrected chi connectivity index (χ4v) is 2.95. The van der Waals surface area contributed by atoms with Crippen molar-refractivity contribution in [3.8, 4) is 0 Å². The number of para-hydroxylation sites is 2. The van der Waals surface area contributed by atoms with E-state index in [1.54, 1.807) is 31.2 Å². The van der Waals surface area contributed by atoms with Crippen LogP contribution in [0, 0.1) is 10.1 Å². The van der Waals surface area contributed by atoms with Crippen LogP contribution in [-0.2, 0) is 4.79 Å². The predicted molar refractivity (Wildman–Crippen MR) is 90.4 cm³/mol. The van der Waals surface area contributed by atoms with Crippen LogP contribution < -0.4 is 5.32 Å². The number of hydrogen-bond acceptors (Lipinski definition) is 5. The van der Waals surface area contributed by atoms with Crippen molar-refractivity contribution in [1.29, 1.82) is 0 Å². The Labute approximate surface area is 141 Å². The van der Waals surface area contributed by atoms with E-state index >= 15 is 0 Å². The first kappa shape index (κ1) is 17.5. The molecule has 7 nitrogen and oxygen atoms in total. The van der Waals surface area contributed by atoms with Gasteiger partial charge in [-0.3, -0.25) is 14.9 Å². The number of nitrogens with zero attached hydrogens (tertiary/aromatic N) is 1. The quantitative estimate of drug-likeness (QED) is 0.471. The molecule has 0 saturated carbocycles. The molecule has 2 aromatic carbocycles. The first-order valence-electron chi connectivity index (χ1n) is 6.93. The van der Waals surface area contributed by atoms with Crippen LogP contribution in [0.15, 0.2) is 53.4 Å². The van der Waals surface area contributed by atoms with Gasteiger partial charge in [0.2, 0.25) is 5.91 Å². The van der Waals surface area contributed by atoms with Crippen molar-refractivity contribution in [3.05, 3.63) is 64.2 Å². The highest BCUT2D eigenvalue weighted by Gasteiger charge is 2.21. The minimum Gasteiger partial charge on any atom is -0.478 e. The number of thioether (sulfide) groups is 1. The minimum absolute atomic E-state index is 0.103. The summed E-state index contributed by atoms with van der Waals surface area (Å²) in [5.41, 5.74) is 0.00768. The topological polar surface area (TPSA) is 110 Å². The van der Waals surface area contributed by atoms with Gasteiger partial charge in [0.05, 0.1) is 15.7 Å². The zero-order valence-electron chi connectivity index (χ0n) is 12.6. The van der Waals surface area contributed by atoms with E-state index in [9.17, 15) is 19.7 Å². The molecule has 8 heteroatoms. The summed E-state index contributed by atoms with van der Waals surface area (Å²) in [6.45, 7) is 1.60. The van der Waals surface area contributed by atoms with Crippen LogP contribution in [0.25, 0.3) is 0 Å². The van der Waals surface area contributed by atoms with E-state index in [1.165, 1.54) is 24.3 Å². The smallest absolute Gasteiger partial charge is 0.336 e. The second-order valence-electron chi connectivity index (χ2n) is 4.82. The number of carbonyl (C=O) groups is 2. The summed E-state index contributed by atoms with van der Waals surface area (Å²) in [4.78, 5) is 34.3. The molecule has 0 bridgehead atoms. The number of carbonyl (C=O) groups excluding carboxylic acids is 1. The first-order chi connectivity index (χ1) is 11.4. The van der Waals surface area contributed by atoms with Gasteiger partial charge in [-0.1, -0.05) is 24.3 Å². The molecule has 1 atom stereocenters. The molecule has 2 aromatic rings. The third-order valence-electron chi connectivity index (χ3n) is 3.15. The zero-order chi connectivity index (χ0) is 17.7. The molecule has 1 amide bonds. The van der Waals surface area contributed by atoms with E-state index in [-0.39, 0.29) is 16.9 Å². The third-order valence-corrected chi connectivity index (χ3v) is 4.33. The number of nitro benzene ring substituents is 1. The monoisotopic (exact) mass is 346 g/mol. The maximum Gasteiger partial charge on any atom is 0.336 e. The van der Waals surface area contributed by atoms with Gasteiger partial charge in [-0.25, -0.2) is 4.79 Å². The molecular formula is C16H14N2O5S. The van der Waals surface area contributed by atoms with Crippen molar-refractivity contribution < 1.29 is 19.6 Å². The summed E-state index contributed by atoms with van der Waals surface area (Å²) in [6.07, 6.45) is 0. The van der Waals surface area contributed by atoms with E-state index in [0.29, 0.717) is 4.90 Å². The van der Waals surface area contributed by atoms with Crippen LogP contribution in [0.3, 0.4) is 0 Å². The van der Waals surface area contributed by atoms with Crippen LogP contribution in [-0.4, -0.2) is 27.2 Å². The van der Waals surface area contributed by atoms with Gasteiger partial charge < -0.3 is 10.4 Å². The minimum atomic E-state index is -1.08. The lowest BCUT2D eigenvalue weighted by atomic mass is 10.2. The van der Waals surface area contributed by atoms with Gasteiger partial charge in [0.15, 0.2) is 0 Å². The Morgan fingerprint density at radius 1 is 1.17 bits per heavy atom. The second-order valence-corrected chi connectivity index (χ2v) is 6.21. The fourth-order valence-electron chi connectivity index (χ4n) is 1.96. The largest absolute Gasteiger partial charge is 0.478 e. The molecule has 0 radical (unpaired) electrons. The lowest BCUT2D eigenvalue weighted by Gasteiger charge is -2.13. The molecule has 24 heavy (non-hydrogen) atoms. The van der Waals surface area contributed by atoms with Crippen molar-refractivity contribution in [2.24, 2.45) is 0 Å². The van der Waals surface area contributed by atoms with Crippen molar-refractivity contribution in [2.75, 3.05) is 5.32 Å². The molecule has 0 aliphatic carbocycles. The second kappa shape index (κ2) is 7.60. The highest BCUT2D eigenvalue weighted by molar-refractivity contribution is 8.00. The van der Waals surface area contributed by atoms with Gasteiger partial charge in [0.25, 0.3) is 5.69 Å². The van der Waals surface area contributed by atoms with Gasteiger partial charge in [0.1, 0.15) is 5.69 Å². The standard InChI is InChI=1S/C16H14N2O5S/c1-10(24-14-9-5-2-6-11(14)16(20)21)15(19)17-12-7-3-4-8-13(12)18(22)23/h2-10H,1H3,(H,17,19)(H,20,21). The number of anilines is 1. The van der Waals surface area contributed by atoms with Crippen LogP contribution >= 0.6 is 11.8 Å². The zero-order valence-corrected chi connectivity index (χ0v) is 13.4. The lowest BCUT2D eigenvalue weighted by molar-refractivity contribution is -0.383. The molecule has 2 rings (SSSR count). The number of hydrogen-bond donors (Lipinski definition) is 2. The number of rotatable bonds is 6. The van der Waals surface area contributed by atoms with Gasteiger partial charge >= 0.3 is 5.97 Å². The Morgan fingerprint density at radius 2 is 1.79 bits per heavy atom. The normalized spacial score (nSPS) is 11.5. The average Bonchev–Trinajstić information content (AvgIpc) is 2.55. The van der Waals surface area contributed by atoms with Gasteiger partial charge in [-0.15, -0.1) is 11.8 Å². The number of benzene rings is 2. The molecule has 0 heterocycles. The molecule has 0 spiro atoms. The number of nitro groups is 1. The molecule has 0 saturated heterocycles.